The molecule has 2 aromatic carbocycles. The summed E-state index contributed by atoms with van der Waals surface area (Å²) in [5, 5.41) is 4.67. The number of carbonyl (C=O) groups is 2. The zero-order chi connectivity index (χ0) is 23.1. The molecule has 31 heavy (non-hydrogen) atoms. The van der Waals surface area contributed by atoms with Gasteiger partial charge >= 0.3 is 0 Å². The zero-order valence-corrected chi connectivity index (χ0v) is 20.7. The summed E-state index contributed by atoms with van der Waals surface area (Å²) in [7, 11) is 0. The van der Waals surface area contributed by atoms with Gasteiger partial charge in [0, 0.05) is 23.1 Å². The van der Waals surface area contributed by atoms with Crippen LogP contribution in [0.1, 0.15) is 38.3 Å². The van der Waals surface area contributed by atoms with Crippen LogP contribution >= 0.6 is 46.4 Å². The van der Waals surface area contributed by atoms with Gasteiger partial charge < -0.3 is 10.2 Å². The number of halogens is 4. The van der Waals surface area contributed by atoms with Crippen LogP contribution in [0, 0.1) is 5.92 Å². The third kappa shape index (κ3) is 7.57. The van der Waals surface area contributed by atoms with Gasteiger partial charge in [0.2, 0.25) is 11.8 Å². The van der Waals surface area contributed by atoms with E-state index in [1.807, 2.05) is 20.8 Å². The highest BCUT2D eigenvalue weighted by molar-refractivity contribution is 6.42. The summed E-state index contributed by atoms with van der Waals surface area (Å²) in [4.78, 5) is 27.8. The summed E-state index contributed by atoms with van der Waals surface area (Å²) in [6, 6.07) is 9.53. The van der Waals surface area contributed by atoms with Crippen LogP contribution in [0.3, 0.4) is 0 Å². The molecule has 4 nitrogen and oxygen atoms in total. The van der Waals surface area contributed by atoms with E-state index in [2.05, 4.69) is 5.32 Å². The SMILES string of the molecule is CC[C@@H](C(=O)NCC(C)C)N(Cc1ccc(Cl)cc1Cl)C(=O)Cc1ccc(Cl)c(Cl)c1. The highest BCUT2D eigenvalue weighted by Crippen LogP contribution is 2.26. The second-order valence-corrected chi connectivity index (χ2v) is 9.40. The van der Waals surface area contributed by atoms with Gasteiger partial charge in [-0.15, -0.1) is 0 Å². The van der Waals surface area contributed by atoms with Crippen molar-refractivity contribution in [2.45, 2.75) is 46.2 Å². The molecule has 0 aliphatic heterocycles. The number of carbonyl (C=O) groups excluding carboxylic acids is 2. The van der Waals surface area contributed by atoms with Crippen molar-refractivity contribution in [1.29, 1.82) is 0 Å². The van der Waals surface area contributed by atoms with Gasteiger partial charge in [0.05, 0.1) is 16.5 Å². The average Bonchev–Trinajstić information content (AvgIpc) is 2.70. The lowest BCUT2D eigenvalue weighted by Crippen LogP contribution is -2.50. The molecule has 2 amide bonds. The number of hydrogen-bond donors (Lipinski definition) is 1. The summed E-state index contributed by atoms with van der Waals surface area (Å²) in [6.07, 6.45) is 0.540. The molecule has 0 unspecified atom stereocenters. The molecule has 168 valence electrons. The Morgan fingerprint density at radius 3 is 2.26 bits per heavy atom. The lowest BCUT2D eigenvalue weighted by atomic mass is 10.1. The molecule has 0 fully saturated rings. The number of benzene rings is 2. The van der Waals surface area contributed by atoms with Gasteiger partial charge in [-0.1, -0.05) is 79.3 Å². The summed E-state index contributed by atoms with van der Waals surface area (Å²) < 4.78 is 0. The Kier molecular flexibility index (Phi) is 9.95. The van der Waals surface area contributed by atoms with E-state index in [9.17, 15) is 9.59 Å². The molecule has 0 bridgehead atoms. The Balaban J connectivity index is 2.33. The third-order valence-corrected chi connectivity index (χ3v) is 6.09. The summed E-state index contributed by atoms with van der Waals surface area (Å²) in [5.74, 6) is -0.104. The number of amides is 2. The van der Waals surface area contributed by atoms with Crippen LogP contribution in [0.15, 0.2) is 36.4 Å². The van der Waals surface area contributed by atoms with Crippen LogP contribution in [0.25, 0.3) is 0 Å². The van der Waals surface area contributed by atoms with Gasteiger partial charge in [-0.05, 0) is 47.7 Å². The van der Waals surface area contributed by atoms with E-state index in [1.165, 1.54) is 0 Å². The van der Waals surface area contributed by atoms with Gasteiger partial charge in [-0.25, -0.2) is 0 Å². The molecular weight excluding hydrogens is 478 g/mol. The Morgan fingerprint density at radius 2 is 1.68 bits per heavy atom. The van der Waals surface area contributed by atoms with E-state index in [1.54, 1.807) is 41.3 Å². The highest BCUT2D eigenvalue weighted by atomic mass is 35.5. The first kappa shape index (κ1) is 25.8. The van der Waals surface area contributed by atoms with Crippen molar-refractivity contribution in [2.24, 2.45) is 5.92 Å². The van der Waals surface area contributed by atoms with Crippen molar-refractivity contribution in [3.05, 3.63) is 67.6 Å². The van der Waals surface area contributed by atoms with E-state index < -0.39 is 6.04 Å². The monoisotopic (exact) mass is 502 g/mol. The fraction of sp³-hybridized carbons (Fsp3) is 0.391. The fourth-order valence-electron chi connectivity index (χ4n) is 3.10. The highest BCUT2D eigenvalue weighted by Gasteiger charge is 2.29. The summed E-state index contributed by atoms with van der Waals surface area (Å²) >= 11 is 24.5. The van der Waals surface area contributed by atoms with Crippen molar-refractivity contribution < 1.29 is 9.59 Å². The van der Waals surface area contributed by atoms with Gasteiger partial charge in [-0.2, -0.15) is 0 Å². The van der Waals surface area contributed by atoms with Crippen molar-refractivity contribution in [3.63, 3.8) is 0 Å². The van der Waals surface area contributed by atoms with Crippen molar-refractivity contribution in [2.75, 3.05) is 6.54 Å². The molecule has 0 heterocycles. The van der Waals surface area contributed by atoms with Crippen LogP contribution in [-0.4, -0.2) is 29.3 Å². The van der Waals surface area contributed by atoms with Gasteiger partial charge in [0.1, 0.15) is 6.04 Å². The summed E-state index contributed by atoms with van der Waals surface area (Å²) in [6.45, 7) is 6.63. The predicted octanol–water partition coefficient (Wildman–Crippen LogP) is 6.42. The predicted molar refractivity (Wildman–Crippen MR) is 129 cm³/mol. The molecule has 1 atom stereocenters. The van der Waals surface area contributed by atoms with Gasteiger partial charge in [-0.3, -0.25) is 9.59 Å². The quantitative estimate of drug-likeness (QED) is 0.429. The maximum atomic E-state index is 13.3. The Hall–Kier alpha value is -1.46. The maximum Gasteiger partial charge on any atom is 0.242 e. The van der Waals surface area contributed by atoms with Crippen molar-refractivity contribution in [1.82, 2.24) is 10.2 Å². The lowest BCUT2D eigenvalue weighted by molar-refractivity contribution is -0.141. The van der Waals surface area contributed by atoms with E-state index >= 15 is 0 Å². The minimum atomic E-state index is -0.638. The van der Waals surface area contributed by atoms with Crippen LogP contribution in [0.2, 0.25) is 20.1 Å². The Labute approximate surface area is 203 Å². The standard InChI is InChI=1S/C23H26Cl4N2O2/c1-4-21(23(31)28-12-14(2)3)29(13-16-6-7-17(24)11-19(16)26)22(30)10-15-5-8-18(25)20(27)9-15/h5-9,11,14,21H,4,10,12-13H2,1-3H3,(H,28,31)/t21-/m0/s1. The lowest BCUT2D eigenvalue weighted by Gasteiger charge is -2.31. The maximum absolute atomic E-state index is 13.3. The molecule has 1 N–H and O–H groups in total. The molecule has 0 saturated carbocycles. The molecule has 0 spiro atoms. The minimum Gasteiger partial charge on any atom is -0.354 e. The minimum absolute atomic E-state index is 0.0794. The fourth-order valence-corrected chi connectivity index (χ4v) is 3.89. The molecule has 2 aromatic rings. The molecule has 0 aromatic heterocycles. The Morgan fingerprint density at radius 1 is 0.968 bits per heavy atom. The first-order valence-electron chi connectivity index (χ1n) is 10.1. The summed E-state index contributed by atoms with van der Waals surface area (Å²) in [5.41, 5.74) is 1.42. The second-order valence-electron chi connectivity index (χ2n) is 7.75. The van der Waals surface area contributed by atoms with E-state index in [0.717, 1.165) is 0 Å². The first-order valence-corrected chi connectivity index (χ1v) is 11.6. The van der Waals surface area contributed by atoms with Crippen LogP contribution in [0.5, 0.6) is 0 Å². The third-order valence-electron chi connectivity index (χ3n) is 4.77. The van der Waals surface area contributed by atoms with Crippen molar-refractivity contribution in [3.8, 4) is 0 Å². The topological polar surface area (TPSA) is 49.4 Å². The number of rotatable bonds is 9. The van der Waals surface area contributed by atoms with Gasteiger partial charge in [0.25, 0.3) is 0 Å². The number of hydrogen-bond acceptors (Lipinski definition) is 2. The van der Waals surface area contributed by atoms with Crippen LogP contribution in [-0.2, 0) is 22.6 Å². The van der Waals surface area contributed by atoms with E-state index in [-0.39, 0.29) is 24.8 Å². The molecule has 0 radical (unpaired) electrons. The smallest absolute Gasteiger partial charge is 0.242 e. The molecule has 0 aliphatic carbocycles. The van der Waals surface area contributed by atoms with Crippen molar-refractivity contribution >= 4 is 58.2 Å². The molecule has 0 saturated heterocycles. The molecule has 0 aliphatic rings. The molecule has 2 rings (SSSR count). The number of nitrogens with one attached hydrogen (secondary N) is 1. The average molecular weight is 504 g/mol. The van der Waals surface area contributed by atoms with E-state index in [0.29, 0.717) is 50.1 Å². The normalized spacial score (nSPS) is 12.0. The van der Waals surface area contributed by atoms with Gasteiger partial charge in [0.15, 0.2) is 0 Å². The second kappa shape index (κ2) is 12.0. The number of nitrogens with zero attached hydrogens (tertiary/aromatic N) is 1. The van der Waals surface area contributed by atoms with Crippen LogP contribution in [0.4, 0.5) is 0 Å². The largest absolute Gasteiger partial charge is 0.354 e. The zero-order valence-electron chi connectivity index (χ0n) is 17.7. The Bertz CT molecular complexity index is 934. The molecule has 8 heteroatoms. The first-order chi connectivity index (χ1) is 14.6. The molecular formula is C23H26Cl4N2O2. The van der Waals surface area contributed by atoms with Crippen LogP contribution < -0.4 is 5.32 Å². The van der Waals surface area contributed by atoms with E-state index in [4.69, 9.17) is 46.4 Å².